The van der Waals surface area contributed by atoms with Gasteiger partial charge in [0, 0.05) is 11.0 Å². The van der Waals surface area contributed by atoms with Gasteiger partial charge in [-0.3, -0.25) is 0 Å². The number of alkyl carbamates (subject to hydrolysis) is 1. The molecule has 0 heterocycles. The number of halogens is 1. The number of hydrogen-bond donors (Lipinski definition) is 1. The van der Waals surface area contributed by atoms with Crippen molar-refractivity contribution in [3.8, 4) is 0 Å². The molecule has 4 heteroatoms. The average Bonchev–Trinajstić information content (AvgIpc) is 2.28. The molecular weight excluding hydrogens is 318 g/mol. The highest BCUT2D eigenvalue weighted by atomic mass is 79.9. The van der Waals surface area contributed by atoms with Crippen LogP contribution in [0.1, 0.15) is 38.3 Å². The van der Waals surface area contributed by atoms with Crippen LogP contribution in [0.25, 0.3) is 6.08 Å². The first-order valence-electron chi connectivity index (χ1n) is 6.67. The molecular formula is C16H22BrNO2. The van der Waals surface area contributed by atoms with Crippen LogP contribution in [0.15, 0.2) is 28.7 Å². The number of carbonyl (C=O) groups excluding carboxylic acids is 1. The molecule has 1 aromatic carbocycles. The molecule has 20 heavy (non-hydrogen) atoms. The first-order chi connectivity index (χ1) is 9.28. The minimum absolute atomic E-state index is 0.370. The quantitative estimate of drug-likeness (QED) is 0.808. The third-order valence-electron chi connectivity index (χ3n) is 2.51. The van der Waals surface area contributed by atoms with E-state index in [2.05, 4.69) is 46.4 Å². The van der Waals surface area contributed by atoms with E-state index in [0.29, 0.717) is 6.54 Å². The molecule has 0 fully saturated rings. The second-order valence-corrected chi connectivity index (χ2v) is 6.54. The summed E-state index contributed by atoms with van der Waals surface area (Å²) in [5, 5.41) is 2.73. The molecule has 1 rings (SSSR count). The van der Waals surface area contributed by atoms with Crippen LogP contribution in [0.2, 0.25) is 0 Å². The molecule has 0 saturated carbocycles. The Labute approximate surface area is 129 Å². The SMILES string of the molecule is Cc1cc(Br)ccc1C=CCCNC(=O)OC(C)(C)C. The Morgan fingerprint density at radius 1 is 1.40 bits per heavy atom. The number of aryl methyl sites for hydroxylation is 1. The lowest BCUT2D eigenvalue weighted by Crippen LogP contribution is -2.32. The Hall–Kier alpha value is -1.29. The van der Waals surface area contributed by atoms with Gasteiger partial charge in [0.25, 0.3) is 0 Å². The van der Waals surface area contributed by atoms with Crippen LogP contribution in [-0.2, 0) is 4.74 Å². The van der Waals surface area contributed by atoms with Crippen LogP contribution in [-0.4, -0.2) is 18.2 Å². The van der Waals surface area contributed by atoms with Crippen molar-refractivity contribution in [1.29, 1.82) is 0 Å². The van der Waals surface area contributed by atoms with Crippen molar-refractivity contribution in [2.75, 3.05) is 6.54 Å². The summed E-state index contributed by atoms with van der Waals surface area (Å²) >= 11 is 3.44. The Balaban J connectivity index is 2.34. The average molecular weight is 340 g/mol. The fourth-order valence-corrected chi connectivity index (χ4v) is 2.08. The lowest BCUT2D eigenvalue weighted by Gasteiger charge is -2.19. The molecule has 0 aliphatic rings. The second kappa shape index (κ2) is 7.48. The molecule has 3 nitrogen and oxygen atoms in total. The van der Waals surface area contributed by atoms with Gasteiger partial charge < -0.3 is 10.1 Å². The lowest BCUT2D eigenvalue weighted by molar-refractivity contribution is 0.0529. The van der Waals surface area contributed by atoms with Gasteiger partial charge in [-0.1, -0.05) is 34.1 Å². The number of benzene rings is 1. The Morgan fingerprint density at radius 3 is 2.70 bits per heavy atom. The van der Waals surface area contributed by atoms with E-state index in [4.69, 9.17) is 4.74 Å². The molecule has 0 atom stereocenters. The van der Waals surface area contributed by atoms with E-state index in [1.165, 1.54) is 11.1 Å². The predicted octanol–water partition coefficient (Wildman–Crippen LogP) is 4.69. The molecule has 0 aliphatic carbocycles. The summed E-state index contributed by atoms with van der Waals surface area (Å²) < 4.78 is 6.24. The Morgan fingerprint density at radius 2 is 2.10 bits per heavy atom. The van der Waals surface area contributed by atoms with E-state index in [1.807, 2.05) is 32.9 Å². The molecule has 0 aliphatic heterocycles. The summed E-state index contributed by atoms with van der Waals surface area (Å²) in [4.78, 5) is 11.4. The number of nitrogens with one attached hydrogen (secondary N) is 1. The number of amides is 1. The first-order valence-corrected chi connectivity index (χ1v) is 7.47. The highest BCUT2D eigenvalue weighted by Gasteiger charge is 2.15. The third kappa shape index (κ3) is 6.75. The molecule has 110 valence electrons. The van der Waals surface area contributed by atoms with Gasteiger partial charge >= 0.3 is 6.09 Å². The zero-order chi connectivity index (χ0) is 15.2. The first kappa shape index (κ1) is 16.8. The van der Waals surface area contributed by atoms with Crippen molar-refractivity contribution in [3.05, 3.63) is 39.9 Å². The second-order valence-electron chi connectivity index (χ2n) is 5.62. The summed E-state index contributed by atoms with van der Waals surface area (Å²) in [5.74, 6) is 0. The standard InChI is InChI=1S/C16H22BrNO2/c1-12-11-14(17)9-8-13(12)7-5-6-10-18-15(19)20-16(2,3)4/h5,7-9,11H,6,10H2,1-4H3,(H,18,19). The molecule has 0 saturated heterocycles. The van der Waals surface area contributed by atoms with E-state index in [0.717, 1.165) is 10.9 Å². The molecule has 0 unspecified atom stereocenters. The zero-order valence-corrected chi connectivity index (χ0v) is 14.1. The van der Waals surface area contributed by atoms with Gasteiger partial charge in [-0.2, -0.15) is 0 Å². The largest absolute Gasteiger partial charge is 0.444 e. The highest BCUT2D eigenvalue weighted by Crippen LogP contribution is 2.17. The number of ether oxygens (including phenoxy) is 1. The van der Waals surface area contributed by atoms with Crippen molar-refractivity contribution in [3.63, 3.8) is 0 Å². The van der Waals surface area contributed by atoms with E-state index < -0.39 is 5.60 Å². The van der Waals surface area contributed by atoms with Crippen LogP contribution < -0.4 is 5.32 Å². The van der Waals surface area contributed by atoms with Crippen molar-refractivity contribution in [2.24, 2.45) is 0 Å². The van der Waals surface area contributed by atoms with Gasteiger partial charge in [0.2, 0.25) is 0 Å². The van der Waals surface area contributed by atoms with Crippen molar-refractivity contribution >= 4 is 28.1 Å². The van der Waals surface area contributed by atoms with E-state index in [9.17, 15) is 4.79 Å². The molecule has 0 bridgehead atoms. The van der Waals surface area contributed by atoms with Gasteiger partial charge in [-0.25, -0.2) is 4.79 Å². The van der Waals surface area contributed by atoms with Crippen LogP contribution in [0.4, 0.5) is 4.79 Å². The summed E-state index contributed by atoms with van der Waals surface area (Å²) in [6, 6.07) is 6.17. The van der Waals surface area contributed by atoms with Crippen molar-refractivity contribution < 1.29 is 9.53 Å². The van der Waals surface area contributed by atoms with E-state index in [-0.39, 0.29) is 6.09 Å². The Bertz CT molecular complexity index is 490. The van der Waals surface area contributed by atoms with Crippen LogP contribution in [0.3, 0.4) is 0 Å². The maximum atomic E-state index is 11.4. The van der Waals surface area contributed by atoms with Gasteiger partial charge in [0.15, 0.2) is 0 Å². The minimum Gasteiger partial charge on any atom is -0.444 e. The summed E-state index contributed by atoms with van der Waals surface area (Å²) in [6.45, 7) is 8.19. The highest BCUT2D eigenvalue weighted by molar-refractivity contribution is 9.10. The van der Waals surface area contributed by atoms with Crippen LogP contribution in [0.5, 0.6) is 0 Å². The predicted molar refractivity (Wildman–Crippen MR) is 86.8 cm³/mol. The number of carbonyl (C=O) groups is 1. The molecule has 0 radical (unpaired) electrons. The molecule has 1 amide bonds. The topological polar surface area (TPSA) is 38.3 Å². The van der Waals surface area contributed by atoms with E-state index in [1.54, 1.807) is 0 Å². The monoisotopic (exact) mass is 339 g/mol. The summed E-state index contributed by atoms with van der Waals surface area (Å²) in [6.07, 6.45) is 4.52. The van der Waals surface area contributed by atoms with Gasteiger partial charge in [0.05, 0.1) is 0 Å². The van der Waals surface area contributed by atoms with E-state index >= 15 is 0 Å². The fraction of sp³-hybridized carbons (Fsp3) is 0.438. The number of hydrogen-bond acceptors (Lipinski definition) is 2. The minimum atomic E-state index is -0.450. The molecule has 1 N–H and O–H groups in total. The van der Waals surface area contributed by atoms with Crippen molar-refractivity contribution in [2.45, 2.75) is 39.7 Å². The lowest BCUT2D eigenvalue weighted by atomic mass is 10.1. The van der Waals surface area contributed by atoms with Crippen molar-refractivity contribution in [1.82, 2.24) is 5.32 Å². The third-order valence-corrected chi connectivity index (χ3v) is 3.00. The molecule has 0 spiro atoms. The maximum Gasteiger partial charge on any atom is 0.407 e. The molecule has 1 aromatic rings. The molecule has 0 aromatic heterocycles. The zero-order valence-electron chi connectivity index (χ0n) is 12.5. The maximum absolute atomic E-state index is 11.4. The van der Waals surface area contributed by atoms with Crippen LogP contribution >= 0.6 is 15.9 Å². The van der Waals surface area contributed by atoms with Crippen LogP contribution in [0, 0.1) is 6.92 Å². The normalized spacial score (nSPS) is 11.7. The van der Waals surface area contributed by atoms with Gasteiger partial charge in [-0.05, 0) is 57.4 Å². The summed E-state index contributed by atoms with van der Waals surface area (Å²) in [7, 11) is 0. The van der Waals surface area contributed by atoms with Gasteiger partial charge in [-0.15, -0.1) is 0 Å². The fourth-order valence-electron chi connectivity index (χ4n) is 1.61. The number of rotatable bonds is 4. The van der Waals surface area contributed by atoms with Gasteiger partial charge in [0.1, 0.15) is 5.60 Å². The smallest absolute Gasteiger partial charge is 0.407 e. The Kier molecular flexibility index (Phi) is 6.27. The summed E-state index contributed by atoms with van der Waals surface area (Å²) in [5.41, 5.74) is 1.95.